The number of benzene rings is 1. The molecule has 3 rings (SSSR count). The van der Waals surface area contributed by atoms with Gasteiger partial charge in [-0.2, -0.15) is 0 Å². The van der Waals surface area contributed by atoms with Crippen molar-refractivity contribution in [3.63, 3.8) is 0 Å². The average molecular weight is 300 g/mol. The molecule has 6 nitrogen and oxygen atoms in total. The quantitative estimate of drug-likeness (QED) is 0.838. The van der Waals surface area contributed by atoms with E-state index in [2.05, 4.69) is 10.2 Å². The van der Waals surface area contributed by atoms with Crippen molar-refractivity contribution in [1.29, 1.82) is 0 Å². The lowest BCUT2D eigenvalue weighted by atomic mass is 10.2. The van der Waals surface area contributed by atoms with Crippen molar-refractivity contribution < 1.29 is 9.53 Å². The number of carbonyl (C=O) groups is 1. The molecule has 1 aliphatic rings. The fraction of sp³-hybridized carbons (Fsp3) is 0.438. The van der Waals surface area contributed by atoms with Gasteiger partial charge in [0.05, 0.1) is 6.54 Å². The Hall–Kier alpha value is -2.37. The minimum Gasteiger partial charge on any atom is -0.489 e. The van der Waals surface area contributed by atoms with E-state index in [0.29, 0.717) is 19.4 Å². The van der Waals surface area contributed by atoms with Gasteiger partial charge in [-0.25, -0.2) is 0 Å². The van der Waals surface area contributed by atoms with E-state index in [1.54, 1.807) is 6.33 Å². The molecule has 1 aromatic heterocycles. The Morgan fingerprint density at radius 1 is 1.36 bits per heavy atom. The predicted octanol–water partition coefficient (Wildman–Crippen LogP) is 1.43. The van der Waals surface area contributed by atoms with E-state index in [1.165, 1.54) is 0 Å². The van der Waals surface area contributed by atoms with Crippen LogP contribution in [0.4, 0.5) is 0 Å². The molecular formula is C16H20N4O2. The molecule has 6 heteroatoms. The summed E-state index contributed by atoms with van der Waals surface area (Å²) < 4.78 is 7.75. The fourth-order valence-electron chi connectivity index (χ4n) is 2.65. The van der Waals surface area contributed by atoms with Crippen molar-refractivity contribution in [2.24, 2.45) is 7.05 Å². The van der Waals surface area contributed by atoms with Crippen LogP contribution in [0.2, 0.25) is 0 Å². The molecule has 1 atom stereocenters. The molecule has 0 aliphatic carbocycles. The monoisotopic (exact) mass is 300 g/mol. The van der Waals surface area contributed by atoms with Crippen LogP contribution in [0.15, 0.2) is 36.7 Å². The molecule has 1 unspecified atom stereocenters. The highest BCUT2D eigenvalue weighted by atomic mass is 16.5. The molecule has 1 saturated heterocycles. The highest BCUT2D eigenvalue weighted by molar-refractivity contribution is 5.76. The van der Waals surface area contributed by atoms with E-state index in [9.17, 15) is 4.79 Å². The van der Waals surface area contributed by atoms with Crippen LogP contribution in [-0.4, -0.2) is 44.8 Å². The molecule has 1 fully saturated rings. The maximum Gasteiger partial charge on any atom is 0.223 e. The van der Waals surface area contributed by atoms with Crippen LogP contribution in [0.1, 0.15) is 18.7 Å². The molecule has 2 aromatic rings. The number of nitrogens with zero attached hydrogens (tertiary/aromatic N) is 4. The van der Waals surface area contributed by atoms with E-state index in [0.717, 1.165) is 24.5 Å². The molecule has 0 N–H and O–H groups in total. The normalized spacial score (nSPS) is 17.7. The number of likely N-dealkylation sites (tertiary alicyclic amines) is 1. The lowest BCUT2D eigenvalue weighted by molar-refractivity contribution is -0.130. The van der Waals surface area contributed by atoms with Crippen molar-refractivity contribution in [2.45, 2.75) is 25.4 Å². The molecule has 0 bridgehead atoms. The van der Waals surface area contributed by atoms with Gasteiger partial charge in [0.1, 0.15) is 24.0 Å². The third-order valence-corrected chi connectivity index (χ3v) is 3.91. The molecule has 1 aliphatic heterocycles. The van der Waals surface area contributed by atoms with Gasteiger partial charge in [-0.05, 0) is 12.1 Å². The summed E-state index contributed by atoms with van der Waals surface area (Å²) in [6.07, 6.45) is 3.70. The summed E-state index contributed by atoms with van der Waals surface area (Å²) >= 11 is 0. The van der Waals surface area contributed by atoms with E-state index < -0.39 is 0 Å². The summed E-state index contributed by atoms with van der Waals surface area (Å²) in [5.41, 5.74) is 0. The largest absolute Gasteiger partial charge is 0.489 e. The first-order valence-electron chi connectivity index (χ1n) is 7.55. The molecule has 1 aromatic carbocycles. The lowest BCUT2D eigenvalue weighted by Gasteiger charge is -2.17. The predicted molar refractivity (Wildman–Crippen MR) is 81.4 cm³/mol. The summed E-state index contributed by atoms with van der Waals surface area (Å²) in [6, 6.07) is 9.75. The first kappa shape index (κ1) is 14.6. The topological polar surface area (TPSA) is 60.2 Å². The lowest BCUT2D eigenvalue weighted by Crippen LogP contribution is -2.31. The van der Waals surface area contributed by atoms with Crippen molar-refractivity contribution in [2.75, 3.05) is 13.1 Å². The molecule has 22 heavy (non-hydrogen) atoms. The Kier molecular flexibility index (Phi) is 4.37. The maximum atomic E-state index is 12.3. The smallest absolute Gasteiger partial charge is 0.223 e. The van der Waals surface area contributed by atoms with Gasteiger partial charge in [0.2, 0.25) is 5.91 Å². The first-order valence-corrected chi connectivity index (χ1v) is 7.55. The number of rotatable bonds is 5. The Morgan fingerprint density at radius 2 is 2.18 bits per heavy atom. The summed E-state index contributed by atoms with van der Waals surface area (Å²) in [4.78, 5) is 14.1. The number of para-hydroxylation sites is 1. The number of aryl methyl sites for hydroxylation is 2. The Balaban J connectivity index is 1.47. The van der Waals surface area contributed by atoms with Gasteiger partial charge in [0, 0.05) is 32.9 Å². The average Bonchev–Trinajstić information content (AvgIpc) is 3.15. The van der Waals surface area contributed by atoms with Gasteiger partial charge in [0.15, 0.2) is 0 Å². The number of ether oxygens (including phenoxy) is 1. The maximum absolute atomic E-state index is 12.3. The molecule has 2 heterocycles. The van der Waals surface area contributed by atoms with Crippen LogP contribution in [-0.2, 0) is 18.3 Å². The standard InChI is InChI=1S/C16H20N4O2/c1-19-12-17-18-15(19)7-8-16(21)20-10-9-14(11-20)22-13-5-3-2-4-6-13/h2-6,12,14H,7-11H2,1H3. The third kappa shape index (κ3) is 3.44. The second-order valence-corrected chi connectivity index (χ2v) is 5.54. The molecule has 116 valence electrons. The van der Waals surface area contributed by atoms with Gasteiger partial charge in [-0.1, -0.05) is 18.2 Å². The molecule has 1 amide bonds. The Morgan fingerprint density at radius 3 is 2.91 bits per heavy atom. The summed E-state index contributed by atoms with van der Waals surface area (Å²) in [5, 5.41) is 7.83. The SMILES string of the molecule is Cn1cnnc1CCC(=O)N1CCC(Oc2ccccc2)C1. The minimum atomic E-state index is 0.0844. The highest BCUT2D eigenvalue weighted by Crippen LogP contribution is 2.18. The van der Waals surface area contributed by atoms with Crippen molar-refractivity contribution >= 4 is 5.91 Å². The number of carbonyl (C=O) groups excluding carboxylic acids is 1. The van der Waals surface area contributed by atoms with E-state index in [1.807, 2.05) is 46.8 Å². The van der Waals surface area contributed by atoms with E-state index in [-0.39, 0.29) is 12.0 Å². The second kappa shape index (κ2) is 6.60. The van der Waals surface area contributed by atoms with Crippen LogP contribution in [0.25, 0.3) is 0 Å². The number of hydrogen-bond donors (Lipinski definition) is 0. The number of aromatic nitrogens is 3. The minimum absolute atomic E-state index is 0.0844. The molecule has 0 radical (unpaired) electrons. The van der Waals surface area contributed by atoms with Crippen LogP contribution in [0.5, 0.6) is 5.75 Å². The van der Waals surface area contributed by atoms with Crippen LogP contribution in [0, 0.1) is 0 Å². The van der Waals surface area contributed by atoms with Gasteiger partial charge >= 0.3 is 0 Å². The van der Waals surface area contributed by atoms with Gasteiger partial charge in [-0.15, -0.1) is 10.2 Å². The number of hydrogen-bond acceptors (Lipinski definition) is 4. The Labute approximate surface area is 129 Å². The van der Waals surface area contributed by atoms with Gasteiger partial charge in [-0.3, -0.25) is 4.79 Å². The molecular weight excluding hydrogens is 280 g/mol. The highest BCUT2D eigenvalue weighted by Gasteiger charge is 2.27. The van der Waals surface area contributed by atoms with E-state index >= 15 is 0 Å². The zero-order chi connectivity index (χ0) is 15.4. The zero-order valence-corrected chi connectivity index (χ0v) is 12.7. The van der Waals surface area contributed by atoms with Crippen LogP contribution in [0.3, 0.4) is 0 Å². The summed E-state index contributed by atoms with van der Waals surface area (Å²) in [5.74, 6) is 1.85. The van der Waals surface area contributed by atoms with Crippen molar-refractivity contribution in [1.82, 2.24) is 19.7 Å². The third-order valence-electron chi connectivity index (χ3n) is 3.91. The van der Waals surface area contributed by atoms with Crippen LogP contribution >= 0.6 is 0 Å². The molecule has 0 saturated carbocycles. The summed E-state index contributed by atoms with van der Waals surface area (Å²) in [6.45, 7) is 1.42. The first-order chi connectivity index (χ1) is 10.7. The molecule has 0 spiro atoms. The zero-order valence-electron chi connectivity index (χ0n) is 12.7. The number of amides is 1. The fourth-order valence-corrected chi connectivity index (χ4v) is 2.65. The van der Waals surface area contributed by atoms with Gasteiger partial charge in [0.25, 0.3) is 0 Å². The Bertz CT molecular complexity index is 626. The van der Waals surface area contributed by atoms with Gasteiger partial charge < -0.3 is 14.2 Å². The van der Waals surface area contributed by atoms with Crippen molar-refractivity contribution in [3.8, 4) is 5.75 Å². The van der Waals surface area contributed by atoms with Crippen molar-refractivity contribution in [3.05, 3.63) is 42.5 Å². The van der Waals surface area contributed by atoms with Crippen LogP contribution < -0.4 is 4.74 Å². The second-order valence-electron chi connectivity index (χ2n) is 5.54. The van der Waals surface area contributed by atoms with E-state index in [4.69, 9.17) is 4.74 Å². The summed E-state index contributed by atoms with van der Waals surface area (Å²) in [7, 11) is 1.89.